The third-order valence-electron chi connectivity index (χ3n) is 6.03. The van der Waals surface area contributed by atoms with Crippen LogP contribution in [0.4, 0.5) is 10.2 Å². The van der Waals surface area contributed by atoms with Crippen molar-refractivity contribution >= 4 is 11.7 Å². The lowest BCUT2D eigenvalue weighted by Crippen LogP contribution is -2.43. The van der Waals surface area contributed by atoms with Crippen molar-refractivity contribution in [3.8, 4) is 28.3 Å². The van der Waals surface area contributed by atoms with Crippen molar-refractivity contribution < 1.29 is 13.9 Å². The van der Waals surface area contributed by atoms with Crippen LogP contribution >= 0.6 is 0 Å². The van der Waals surface area contributed by atoms with Crippen molar-refractivity contribution in [3.63, 3.8) is 0 Å². The maximum Gasteiger partial charge on any atom is 0.294 e. The zero-order valence-electron chi connectivity index (χ0n) is 19.0. The summed E-state index contributed by atoms with van der Waals surface area (Å²) in [5.74, 6) is -0.0354. The fourth-order valence-electron chi connectivity index (χ4n) is 4.19. The van der Waals surface area contributed by atoms with Crippen LogP contribution in [0.5, 0.6) is 5.75 Å². The molecule has 0 unspecified atom stereocenters. The molecule has 0 spiro atoms. The third-order valence-corrected chi connectivity index (χ3v) is 6.03. The first-order valence-corrected chi connectivity index (χ1v) is 11.2. The second kappa shape index (κ2) is 10.0. The summed E-state index contributed by atoms with van der Waals surface area (Å²) in [4.78, 5) is 32.0. The van der Waals surface area contributed by atoms with Crippen molar-refractivity contribution in [2.45, 2.75) is 31.8 Å². The number of carbonyl (C=O) groups is 1. The Kier molecular flexibility index (Phi) is 6.93. The second-order valence-electron chi connectivity index (χ2n) is 8.37. The van der Waals surface area contributed by atoms with Crippen LogP contribution in [-0.4, -0.2) is 41.7 Å². The molecule has 1 amide bonds. The zero-order valence-corrected chi connectivity index (χ0v) is 19.0. The van der Waals surface area contributed by atoms with E-state index in [1.54, 1.807) is 43.5 Å². The number of hydrogen-bond donors (Lipinski definition) is 2. The van der Waals surface area contributed by atoms with Crippen molar-refractivity contribution in [1.29, 1.82) is 0 Å². The Hall–Kier alpha value is -3.72. The maximum absolute atomic E-state index is 14.2. The van der Waals surface area contributed by atoms with E-state index in [2.05, 4.69) is 0 Å². The minimum atomic E-state index is -0.526. The summed E-state index contributed by atoms with van der Waals surface area (Å²) in [5.41, 5.74) is 13.3. The van der Waals surface area contributed by atoms with Crippen molar-refractivity contribution in [2.75, 3.05) is 25.1 Å². The number of hydrogen-bond acceptors (Lipinski definition) is 6. The smallest absolute Gasteiger partial charge is 0.294 e. The van der Waals surface area contributed by atoms with Gasteiger partial charge in [-0.15, -0.1) is 0 Å². The van der Waals surface area contributed by atoms with E-state index in [0.29, 0.717) is 41.4 Å². The highest BCUT2D eigenvalue weighted by Gasteiger charge is 2.25. The molecular weight excluding hydrogens is 437 g/mol. The molecule has 2 heterocycles. The molecular formula is C25H28FN5O3. The number of aromatic nitrogens is 2. The zero-order chi connectivity index (χ0) is 24.2. The molecule has 178 valence electrons. The molecule has 4 N–H and O–H groups in total. The Morgan fingerprint density at radius 2 is 1.85 bits per heavy atom. The fraction of sp³-hybridized carbons (Fsp3) is 0.320. The normalized spacial score (nSPS) is 14.3. The Morgan fingerprint density at radius 3 is 2.47 bits per heavy atom. The number of nitrogens with two attached hydrogens (primary N) is 2. The van der Waals surface area contributed by atoms with Crippen LogP contribution in [0.3, 0.4) is 0 Å². The molecule has 3 aromatic rings. The van der Waals surface area contributed by atoms with Crippen LogP contribution in [-0.2, 0) is 11.3 Å². The van der Waals surface area contributed by atoms with E-state index in [9.17, 15) is 14.0 Å². The number of ether oxygens (including phenoxy) is 1. The monoisotopic (exact) mass is 465 g/mol. The Labute approximate surface area is 197 Å². The van der Waals surface area contributed by atoms with Gasteiger partial charge in [-0.3, -0.25) is 9.59 Å². The quantitative estimate of drug-likeness (QED) is 0.554. The minimum Gasteiger partial charge on any atom is -0.497 e. The van der Waals surface area contributed by atoms with Crippen LogP contribution in [0.15, 0.2) is 53.3 Å². The highest BCUT2D eigenvalue weighted by molar-refractivity contribution is 5.80. The fourth-order valence-corrected chi connectivity index (χ4v) is 4.19. The average molecular weight is 466 g/mol. The van der Waals surface area contributed by atoms with Gasteiger partial charge >= 0.3 is 0 Å². The molecule has 1 saturated heterocycles. The molecule has 0 atom stereocenters. The molecule has 0 saturated carbocycles. The average Bonchev–Trinajstić information content (AvgIpc) is 2.83. The highest BCUT2D eigenvalue weighted by atomic mass is 19.1. The molecule has 1 aliphatic rings. The van der Waals surface area contributed by atoms with Crippen molar-refractivity contribution in [1.82, 2.24) is 9.55 Å². The number of halogens is 1. The lowest BCUT2D eigenvalue weighted by atomic mass is 10.0. The third kappa shape index (κ3) is 4.94. The Balaban J connectivity index is 1.98. The van der Waals surface area contributed by atoms with Gasteiger partial charge in [0.05, 0.1) is 18.5 Å². The van der Waals surface area contributed by atoms with E-state index in [0.717, 1.165) is 12.8 Å². The van der Waals surface area contributed by atoms with E-state index in [1.165, 1.54) is 16.7 Å². The number of benzene rings is 2. The van der Waals surface area contributed by atoms with Gasteiger partial charge in [-0.05, 0) is 49.2 Å². The van der Waals surface area contributed by atoms with E-state index < -0.39 is 11.7 Å². The molecule has 8 nitrogen and oxygen atoms in total. The first-order valence-electron chi connectivity index (χ1n) is 11.2. The summed E-state index contributed by atoms with van der Waals surface area (Å²) >= 11 is 0. The molecule has 1 fully saturated rings. The van der Waals surface area contributed by atoms with Gasteiger partial charge in [0.15, 0.2) is 5.82 Å². The number of amides is 1. The van der Waals surface area contributed by atoms with Gasteiger partial charge < -0.3 is 25.7 Å². The highest BCUT2D eigenvalue weighted by Crippen LogP contribution is 2.33. The van der Waals surface area contributed by atoms with Crippen LogP contribution in [0.25, 0.3) is 22.5 Å². The molecule has 9 heteroatoms. The lowest BCUT2D eigenvalue weighted by Gasteiger charge is -2.31. The predicted molar refractivity (Wildman–Crippen MR) is 129 cm³/mol. The number of primary amides is 1. The second-order valence-corrected chi connectivity index (χ2v) is 8.37. The Bertz CT molecular complexity index is 1230. The molecule has 4 rings (SSSR count). The SMILES string of the molecule is COc1ccc(-c2c(-c3cccc(F)c3)nc(N3CCC(N)CC3)c(=O)n2CCC(N)=O)cc1. The van der Waals surface area contributed by atoms with Crippen LogP contribution in [0.2, 0.25) is 0 Å². The number of carbonyl (C=O) groups excluding carboxylic acids is 1. The predicted octanol–water partition coefficient (Wildman–Crippen LogP) is 2.53. The van der Waals surface area contributed by atoms with Crippen molar-refractivity contribution in [2.24, 2.45) is 11.5 Å². The van der Waals surface area contributed by atoms with Gasteiger partial charge in [0.2, 0.25) is 5.91 Å². The van der Waals surface area contributed by atoms with E-state index in [4.69, 9.17) is 21.2 Å². The van der Waals surface area contributed by atoms with Gasteiger partial charge in [-0.1, -0.05) is 12.1 Å². The van der Waals surface area contributed by atoms with E-state index >= 15 is 0 Å². The summed E-state index contributed by atoms with van der Waals surface area (Å²) in [5, 5.41) is 0. The molecule has 2 aromatic carbocycles. The number of methoxy groups -OCH3 is 1. The standard InChI is InChI=1S/C25H28FN5O3/c1-34-20-7-5-16(6-8-20)23-22(17-3-2-4-18(26)15-17)29-24(30-12-9-19(27)10-13-30)25(33)31(23)14-11-21(28)32/h2-8,15,19H,9-14,27H2,1H3,(H2,28,32). The summed E-state index contributed by atoms with van der Waals surface area (Å²) in [6.45, 7) is 1.24. The van der Waals surface area contributed by atoms with Gasteiger partial charge in [-0.2, -0.15) is 0 Å². The van der Waals surface area contributed by atoms with Gasteiger partial charge in [-0.25, -0.2) is 9.37 Å². The number of rotatable bonds is 7. The first-order chi connectivity index (χ1) is 16.4. The molecule has 34 heavy (non-hydrogen) atoms. The summed E-state index contributed by atoms with van der Waals surface area (Å²) in [6, 6.07) is 13.3. The molecule has 0 aliphatic carbocycles. The van der Waals surface area contributed by atoms with E-state index in [-0.39, 0.29) is 30.4 Å². The summed E-state index contributed by atoms with van der Waals surface area (Å²) < 4.78 is 21.0. The van der Waals surface area contributed by atoms with Crippen LogP contribution in [0.1, 0.15) is 19.3 Å². The molecule has 0 bridgehead atoms. The van der Waals surface area contributed by atoms with E-state index in [1.807, 2.05) is 4.90 Å². The maximum atomic E-state index is 14.2. The van der Waals surface area contributed by atoms with Gasteiger partial charge in [0, 0.05) is 43.2 Å². The van der Waals surface area contributed by atoms with Crippen molar-refractivity contribution in [3.05, 3.63) is 64.7 Å². The van der Waals surface area contributed by atoms with Crippen LogP contribution in [0, 0.1) is 5.82 Å². The minimum absolute atomic E-state index is 0.0278. The Morgan fingerprint density at radius 1 is 1.15 bits per heavy atom. The van der Waals surface area contributed by atoms with Gasteiger partial charge in [0.25, 0.3) is 5.56 Å². The molecule has 1 aromatic heterocycles. The number of nitrogens with zero attached hydrogens (tertiary/aromatic N) is 3. The summed E-state index contributed by atoms with van der Waals surface area (Å²) in [6.07, 6.45) is 1.44. The largest absolute Gasteiger partial charge is 0.497 e. The topological polar surface area (TPSA) is 116 Å². The lowest BCUT2D eigenvalue weighted by molar-refractivity contribution is -0.118. The number of piperidine rings is 1. The molecule has 0 radical (unpaired) electrons. The summed E-state index contributed by atoms with van der Waals surface area (Å²) in [7, 11) is 1.57. The van der Waals surface area contributed by atoms with Gasteiger partial charge in [0.1, 0.15) is 11.6 Å². The first kappa shape index (κ1) is 23.4. The van der Waals surface area contributed by atoms with Crippen LogP contribution < -0.4 is 26.7 Å². The number of anilines is 1. The molecule has 1 aliphatic heterocycles.